The molecule has 0 radical (unpaired) electrons. The summed E-state index contributed by atoms with van der Waals surface area (Å²) in [6, 6.07) is 17.3. The summed E-state index contributed by atoms with van der Waals surface area (Å²) in [7, 11) is 0. The van der Waals surface area contributed by atoms with Gasteiger partial charge in [0.15, 0.2) is 11.4 Å². The average molecular weight is 552 g/mol. The molecule has 0 saturated carbocycles. The molecule has 2 aromatic carbocycles. The van der Waals surface area contributed by atoms with E-state index in [1.807, 2.05) is 48.5 Å². The van der Waals surface area contributed by atoms with E-state index in [-0.39, 0.29) is 43.5 Å². The third kappa shape index (κ3) is 8.34. The van der Waals surface area contributed by atoms with Gasteiger partial charge in [-0.15, -0.1) is 0 Å². The van der Waals surface area contributed by atoms with Gasteiger partial charge >= 0.3 is 5.97 Å². The van der Waals surface area contributed by atoms with Gasteiger partial charge in [0.25, 0.3) is 0 Å². The zero-order valence-corrected chi connectivity index (χ0v) is 22.5. The largest absolute Gasteiger partial charge is 0.481 e. The Hall–Kier alpha value is -3.31. The summed E-state index contributed by atoms with van der Waals surface area (Å²) >= 11 is 1.54. The number of nitrogens with one attached hydrogen (secondary N) is 1. The Kier molecular flexibility index (Phi) is 10.4. The van der Waals surface area contributed by atoms with Crippen LogP contribution < -0.4 is 5.32 Å². The van der Waals surface area contributed by atoms with E-state index in [1.54, 1.807) is 30.2 Å². The number of carboxylic acid groups (broad SMARTS) is 1. The van der Waals surface area contributed by atoms with E-state index >= 15 is 0 Å². The fraction of sp³-hybridized carbons (Fsp3) is 0.379. The molecule has 1 aliphatic heterocycles. The second-order valence-electron chi connectivity index (χ2n) is 9.43. The van der Waals surface area contributed by atoms with Crippen molar-refractivity contribution in [3.8, 4) is 0 Å². The van der Waals surface area contributed by atoms with Crippen molar-refractivity contribution >= 4 is 23.6 Å². The van der Waals surface area contributed by atoms with E-state index in [9.17, 15) is 14.7 Å². The number of benzene rings is 2. The average Bonchev–Trinajstić information content (AvgIpc) is 2.96. The fourth-order valence-corrected chi connectivity index (χ4v) is 5.27. The van der Waals surface area contributed by atoms with E-state index in [4.69, 9.17) is 14.6 Å². The molecular weight excluding hydrogens is 518 g/mol. The van der Waals surface area contributed by atoms with Crippen molar-refractivity contribution in [2.45, 2.75) is 63.0 Å². The van der Waals surface area contributed by atoms with Crippen LogP contribution in [0.4, 0.5) is 0 Å². The topological polar surface area (TPSA) is 131 Å². The summed E-state index contributed by atoms with van der Waals surface area (Å²) in [6.45, 7) is 2.45. The van der Waals surface area contributed by atoms with Gasteiger partial charge in [0.1, 0.15) is 0 Å². The van der Waals surface area contributed by atoms with Crippen LogP contribution in [0.3, 0.4) is 0 Å². The zero-order chi connectivity index (χ0) is 27.6. The smallest absolute Gasteiger partial charge is 0.303 e. The number of carbonyl (C=O) groups excluding carboxylic acids is 1. The Balaban J connectivity index is 1.44. The van der Waals surface area contributed by atoms with Crippen LogP contribution in [0.15, 0.2) is 72.1 Å². The summed E-state index contributed by atoms with van der Waals surface area (Å²) in [5, 5.41) is 21.7. The predicted octanol–water partition coefficient (Wildman–Crippen LogP) is 4.42. The minimum atomic E-state index is -0.904. The molecule has 4 atom stereocenters. The van der Waals surface area contributed by atoms with Gasteiger partial charge in [-0.05, 0) is 29.2 Å². The van der Waals surface area contributed by atoms with E-state index in [1.165, 1.54) is 0 Å². The SMILES string of the molecule is C[C@H]1[C@@H](CSc2ncccn2)O[C@@H](c2ccc(CNC(=O)CCCC(=O)O)cc2)O[C@H]1c1ccc(CO)cc1. The monoisotopic (exact) mass is 551 g/mol. The minimum absolute atomic E-state index is 0.0153. The Morgan fingerprint density at radius 2 is 1.62 bits per heavy atom. The first-order valence-electron chi connectivity index (χ1n) is 12.9. The Morgan fingerprint density at radius 3 is 2.28 bits per heavy atom. The van der Waals surface area contributed by atoms with Crippen molar-refractivity contribution in [1.29, 1.82) is 0 Å². The Labute approximate surface area is 232 Å². The lowest BCUT2D eigenvalue weighted by Crippen LogP contribution is -2.38. The summed E-state index contributed by atoms with van der Waals surface area (Å²) in [6.07, 6.45) is 2.97. The quantitative estimate of drug-likeness (QED) is 0.221. The van der Waals surface area contributed by atoms with Crippen LogP contribution in [0.2, 0.25) is 0 Å². The number of rotatable bonds is 12. The number of hydrogen-bond donors (Lipinski definition) is 3. The van der Waals surface area contributed by atoms with Crippen molar-refractivity contribution in [2.75, 3.05) is 5.75 Å². The molecule has 1 fully saturated rings. The Bertz CT molecular complexity index is 1210. The van der Waals surface area contributed by atoms with Crippen LogP contribution >= 0.6 is 11.8 Å². The third-order valence-corrected chi connectivity index (χ3v) is 7.54. The molecule has 39 heavy (non-hydrogen) atoms. The van der Waals surface area contributed by atoms with Gasteiger partial charge in [-0.25, -0.2) is 9.97 Å². The standard InChI is InChI=1S/C29H33N3O6S/c1-19-24(18-39-29-30-14-3-15-31-29)37-28(38-27(19)22-10-8-21(17-33)9-11-22)23-12-6-20(7-13-23)16-32-25(34)4-2-5-26(35)36/h3,6-15,19,24,27-28,33H,2,4-5,16-18H2,1H3,(H,32,34)(H,35,36)/t19-,24+,27+,28+/m0/s1. The van der Waals surface area contributed by atoms with E-state index < -0.39 is 12.3 Å². The van der Waals surface area contributed by atoms with Gasteiger partial charge in [0.2, 0.25) is 5.91 Å². The number of aliphatic hydroxyl groups is 1. The molecule has 1 saturated heterocycles. The number of carbonyl (C=O) groups is 2. The highest BCUT2D eigenvalue weighted by atomic mass is 32.2. The van der Waals surface area contributed by atoms with Gasteiger partial charge < -0.3 is 25.0 Å². The van der Waals surface area contributed by atoms with Crippen LogP contribution in [0.5, 0.6) is 0 Å². The number of aliphatic carboxylic acids is 1. The molecule has 1 aromatic heterocycles. The highest BCUT2D eigenvalue weighted by Gasteiger charge is 2.38. The highest BCUT2D eigenvalue weighted by molar-refractivity contribution is 7.99. The normalized spacial score (nSPS) is 20.9. The second-order valence-corrected chi connectivity index (χ2v) is 10.4. The number of carboxylic acids is 1. The lowest BCUT2D eigenvalue weighted by Gasteiger charge is -2.41. The van der Waals surface area contributed by atoms with Crippen molar-refractivity contribution < 1.29 is 29.3 Å². The van der Waals surface area contributed by atoms with Crippen LogP contribution in [-0.2, 0) is 32.2 Å². The number of amides is 1. The highest BCUT2D eigenvalue weighted by Crippen LogP contribution is 2.42. The van der Waals surface area contributed by atoms with Crippen LogP contribution in [0.1, 0.15) is 60.8 Å². The first-order chi connectivity index (χ1) is 18.9. The second kappa shape index (κ2) is 14.2. The molecule has 9 nitrogen and oxygen atoms in total. The van der Waals surface area contributed by atoms with Gasteiger partial charge in [-0.2, -0.15) is 0 Å². The molecule has 206 valence electrons. The molecule has 0 aliphatic carbocycles. The van der Waals surface area contributed by atoms with Gasteiger partial charge in [0.05, 0.1) is 18.8 Å². The van der Waals surface area contributed by atoms with Crippen molar-refractivity contribution in [1.82, 2.24) is 15.3 Å². The zero-order valence-electron chi connectivity index (χ0n) is 21.7. The number of hydrogen-bond acceptors (Lipinski definition) is 8. The third-order valence-electron chi connectivity index (χ3n) is 6.58. The summed E-state index contributed by atoms with van der Waals surface area (Å²) in [5.41, 5.74) is 3.63. The minimum Gasteiger partial charge on any atom is -0.481 e. The maximum absolute atomic E-state index is 12.0. The molecule has 1 aliphatic rings. The Morgan fingerprint density at radius 1 is 0.949 bits per heavy atom. The molecule has 1 amide bonds. The maximum atomic E-state index is 12.0. The number of thioether (sulfide) groups is 1. The molecule has 0 spiro atoms. The summed E-state index contributed by atoms with van der Waals surface area (Å²) < 4.78 is 12.9. The van der Waals surface area contributed by atoms with E-state index in [0.29, 0.717) is 23.9 Å². The van der Waals surface area contributed by atoms with E-state index in [0.717, 1.165) is 22.3 Å². The molecule has 4 rings (SSSR count). The number of aromatic nitrogens is 2. The maximum Gasteiger partial charge on any atom is 0.303 e. The van der Waals surface area contributed by atoms with Crippen LogP contribution in [-0.4, -0.2) is 43.9 Å². The van der Waals surface area contributed by atoms with Crippen molar-refractivity contribution in [3.63, 3.8) is 0 Å². The van der Waals surface area contributed by atoms with E-state index in [2.05, 4.69) is 22.2 Å². The van der Waals surface area contributed by atoms with Crippen molar-refractivity contribution in [3.05, 3.63) is 89.2 Å². The molecular formula is C29H33N3O6S. The molecule has 0 unspecified atom stereocenters. The van der Waals surface area contributed by atoms with Gasteiger partial charge in [0, 0.05) is 49.0 Å². The lowest BCUT2D eigenvalue weighted by molar-refractivity contribution is -0.268. The fourth-order valence-electron chi connectivity index (χ4n) is 4.31. The first-order valence-corrected chi connectivity index (χ1v) is 13.9. The summed E-state index contributed by atoms with van der Waals surface area (Å²) in [4.78, 5) is 31.2. The molecule has 3 aromatic rings. The molecule has 10 heteroatoms. The number of ether oxygens (including phenoxy) is 2. The summed E-state index contributed by atoms with van der Waals surface area (Å²) in [5.74, 6) is -0.375. The molecule has 3 N–H and O–H groups in total. The molecule has 0 bridgehead atoms. The van der Waals surface area contributed by atoms with Crippen LogP contribution in [0.25, 0.3) is 0 Å². The van der Waals surface area contributed by atoms with Crippen LogP contribution in [0, 0.1) is 5.92 Å². The first kappa shape index (κ1) is 28.7. The van der Waals surface area contributed by atoms with Crippen molar-refractivity contribution in [2.24, 2.45) is 5.92 Å². The predicted molar refractivity (Wildman–Crippen MR) is 146 cm³/mol. The lowest BCUT2D eigenvalue weighted by atomic mass is 9.91. The van der Waals surface area contributed by atoms with Gasteiger partial charge in [-0.1, -0.05) is 67.2 Å². The number of nitrogens with zero attached hydrogens (tertiary/aromatic N) is 2. The van der Waals surface area contributed by atoms with Gasteiger partial charge in [-0.3, -0.25) is 9.59 Å². The molecule has 2 heterocycles. The number of aliphatic hydroxyl groups excluding tert-OH is 1.